The van der Waals surface area contributed by atoms with E-state index in [4.69, 9.17) is 4.74 Å². The number of ether oxygens (including phenoxy) is 1. The van der Waals surface area contributed by atoms with Crippen LogP contribution < -0.4 is 0 Å². The maximum atomic E-state index is 11.0. The summed E-state index contributed by atoms with van der Waals surface area (Å²) in [6.07, 6.45) is -0.640. The van der Waals surface area contributed by atoms with Crippen LogP contribution in [0.1, 0.15) is 27.2 Å². The van der Waals surface area contributed by atoms with Gasteiger partial charge in [-0.3, -0.25) is 4.79 Å². The van der Waals surface area contributed by atoms with Crippen LogP contribution in [0.25, 0.3) is 0 Å². The molecule has 1 N–H and O–H groups in total. The molecule has 0 aromatic carbocycles. The summed E-state index contributed by atoms with van der Waals surface area (Å²) < 4.78 is 4.71. The van der Waals surface area contributed by atoms with Gasteiger partial charge >= 0.3 is 5.97 Å². The van der Waals surface area contributed by atoms with Crippen LogP contribution in [0.2, 0.25) is 0 Å². The molecule has 0 bridgehead atoms. The lowest BCUT2D eigenvalue weighted by Crippen LogP contribution is -2.23. The molecule has 3 heteroatoms. The zero-order valence-corrected chi connectivity index (χ0v) is 8.54. The molecule has 76 valence electrons. The Labute approximate surface area is 79.4 Å². The molecular formula is C10H18O3. The molecule has 0 spiro atoms. The lowest BCUT2D eigenvalue weighted by molar-refractivity contribution is -0.145. The summed E-state index contributed by atoms with van der Waals surface area (Å²) in [4.78, 5) is 11.0. The van der Waals surface area contributed by atoms with Gasteiger partial charge in [-0.1, -0.05) is 19.1 Å². The van der Waals surface area contributed by atoms with Gasteiger partial charge in [0.05, 0.1) is 19.1 Å². The zero-order valence-electron chi connectivity index (χ0n) is 8.54. The molecule has 0 aromatic heterocycles. The minimum Gasteiger partial charge on any atom is -0.466 e. The molecule has 2 atom stereocenters. The van der Waals surface area contributed by atoms with Crippen molar-refractivity contribution in [1.82, 2.24) is 0 Å². The molecule has 0 amide bonds. The van der Waals surface area contributed by atoms with Crippen molar-refractivity contribution in [1.29, 1.82) is 0 Å². The second-order valence-corrected chi connectivity index (χ2v) is 3.21. The highest BCUT2D eigenvalue weighted by Crippen LogP contribution is 2.15. The number of hydrogen-bond acceptors (Lipinski definition) is 3. The van der Waals surface area contributed by atoms with Crippen LogP contribution in [0.3, 0.4) is 0 Å². The number of esters is 1. The SMILES string of the molecule is C=C(C)C(C)[C@H](O)CC(=O)OCC. The highest BCUT2D eigenvalue weighted by molar-refractivity contribution is 5.70. The highest BCUT2D eigenvalue weighted by Gasteiger charge is 2.18. The number of carbonyl (C=O) groups is 1. The first-order chi connectivity index (χ1) is 5.99. The number of aliphatic hydroxyl groups is 1. The van der Waals surface area contributed by atoms with E-state index in [1.165, 1.54) is 0 Å². The van der Waals surface area contributed by atoms with E-state index in [0.717, 1.165) is 5.57 Å². The molecule has 0 heterocycles. The molecule has 0 aromatic rings. The second kappa shape index (κ2) is 5.75. The minimum atomic E-state index is -0.684. The Morgan fingerprint density at radius 3 is 2.54 bits per heavy atom. The molecule has 0 rings (SSSR count). The summed E-state index contributed by atoms with van der Waals surface area (Å²) in [5, 5.41) is 9.52. The maximum absolute atomic E-state index is 11.0. The third kappa shape index (κ3) is 4.68. The number of aliphatic hydroxyl groups excluding tert-OH is 1. The fourth-order valence-corrected chi connectivity index (χ4v) is 0.896. The molecular weight excluding hydrogens is 168 g/mol. The van der Waals surface area contributed by atoms with Crippen molar-refractivity contribution in [2.75, 3.05) is 6.61 Å². The predicted octanol–water partition coefficient (Wildman–Crippen LogP) is 1.51. The van der Waals surface area contributed by atoms with E-state index in [-0.39, 0.29) is 18.3 Å². The third-order valence-electron chi connectivity index (χ3n) is 2.04. The maximum Gasteiger partial charge on any atom is 0.308 e. The fraction of sp³-hybridized carbons (Fsp3) is 0.700. The molecule has 0 aliphatic rings. The van der Waals surface area contributed by atoms with Crippen molar-refractivity contribution in [3.8, 4) is 0 Å². The van der Waals surface area contributed by atoms with Gasteiger partial charge in [-0.2, -0.15) is 0 Å². The first-order valence-electron chi connectivity index (χ1n) is 4.48. The van der Waals surface area contributed by atoms with Crippen molar-refractivity contribution in [3.05, 3.63) is 12.2 Å². The fourth-order valence-electron chi connectivity index (χ4n) is 0.896. The van der Waals surface area contributed by atoms with Gasteiger partial charge in [0.2, 0.25) is 0 Å². The van der Waals surface area contributed by atoms with E-state index in [1.807, 2.05) is 13.8 Å². The molecule has 0 fully saturated rings. The lowest BCUT2D eigenvalue weighted by atomic mass is 9.96. The summed E-state index contributed by atoms with van der Waals surface area (Å²) in [6.45, 7) is 9.49. The molecule has 3 nitrogen and oxygen atoms in total. The van der Waals surface area contributed by atoms with Crippen molar-refractivity contribution < 1.29 is 14.6 Å². The Hall–Kier alpha value is -0.830. The summed E-state index contributed by atoms with van der Waals surface area (Å²) in [5.74, 6) is -0.424. The Bertz CT molecular complexity index is 187. The first-order valence-corrected chi connectivity index (χ1v) is 4.48. The average Bonchev–Trinajstić information content (AvgIpc) is 2.03. The van der Waals surface area contributed by atoms with Crippen LogP contribution in [0.4, 0.5) is 0 Å². The van der Waals surface area contributed by atoms with Gasteiger partial charge in [0, 0.05) is 5.92 Å². The summed E-state index contributed by atoms with van der Waals surface area (Å²) in [5.41, 5.74) is 0.872. The highest BCUT2D eigenvalue weighted by atomic mass is 16.5. The van der Waals surface area contributed by atoms with Crippen molar-refractivity contribution in [2.45, 2.75) is 33.3 Å². The predicted molar refractivity (Wildman–Crippen MR) is 51.2 cm³/mol. The van der Waals surface area contributed by atoms with E-state index in [1.54, 1.807) is 6.92 Å². The van der Waals surface area contributed by atoms with Gasteiger partial charge in [0.25, 0.3) is 0 Å². The molecule has 0 saturated heterocycles. The average molecular weight is 186 g/mol. The van der Waals surface area contributed by atoms with Crippen LogP contribution in [0.5, 0.6) is 0 Å². The van der Waals surface area contributed by atoms with Crippen LogP contribution in [0, 0.1) is 5.92 Å². The van der Waals surface area contributed by atoms with Gasteiger partial charge in [-0.15, -0.1) is 0 Å². The molecule has 13 heavy (non-hydrogen) atoms. The van der Waals surface area contributed by atoms with Crippen molar-refractivity contribution >= 4 is 5.97 Å². The second-order valence-electron chi connectivity index (χ2n) is 3.21. The van der Waals surface area contributed by atoms with E-state index >= 15 is 0 Å². The van der Waals surface area contributed by atoms with Crippen LogP contribution in [0.15, 0.2) is 12.2 Å². The summed E-state index contributed by atoms with van der Waals surface area (Å²) in [7, 11) is 0. The zero-order chi connectivity index (χ0) is 10.4. The van der Waals surface area contributed by atoms with Crippen molar-refractivity contribution in [2.24, 2.45) is 5.92 Å². The first kappa shape index (κ1) is 12.2. The minimum absolute atomic E-state index is 0.0435. The quantitative estimate of drug-likeness (QED) is 0.523. The topological polar surface area (TPSA) is 46.5 Å². The smallest absolute Gasteiger partial charge is 0.308 e. The Balaban J connectivity index is 3.92. The van der Waals surface area contributed by atoms with Crippen LogP contribution in [-0.4, -0.2) is 23.8 Å². The monoisotopic (exact) mass is 186 g/mol. The van der Waals surface area contributed by atoms with E-state index < -0.39 is 6.10 Å². The summed E-state index contributed by atoms with van der Waals surface area (Å²) in [6, 6.07) is 0. The Morgan fingerprint density at radius 1 is 1.62 bits per heavy atom. The van der Waals surface area contributed by atoms with Gasteiger partial charge in [-0.05, 0) is 13.8 Å². The van der Waals surface area contributed by atoms with Crippen LogP contribution in [-0.2, 0) is 9.53 Å². The Kier molecular flexibility index (Phi) is 5.39. The standard InChI is InChI=1S/C10H18O3/c1-5-13-10(12)6-9(11)8(4)7(2)3/h8-9,11H,2,5-6H2,1,3-4H3/t8?,9-/m1/s1. The van der Waals surface area contributed by atoms with Gasteiger partial charge < -0.3 is 9.84 Å². The van der Waals surface area contributed by atoms with E-state index in [9.17, 15) is 9.90 Å². The number of rotatable bonds is 5. The number of hydrogen-bond donors (Lipinski definition) is 1. The molecule has 0 radical (unpaired) electrons. The normalized spacial score (nSPS) is 14.8. The van der Waals surface area contributed by atoms with Crippen molar-refractivity contribution in [3.63, 3.8) is 0 Å². The largest absolute Gasteiger partial charge is 0.466 e. The van der Waals surface area contributed by atoms with E-state index in [0.29, 0.717) is 6.61 Å². The number of carbonyl (C=O) groups excluding carboxylic acids is 1. The molecule has 0 aliphatic heterocycles. The van der Waals surface area contributed by atoms with E-state index in [2.05, 4.69) is 6.58 Å². The summed E-state index contributed by atoms with van der Waals surface area (Å²) >= 11 is 0. The van der Waals surface area contributed by atoms with Crippen LogP contribution >= 0.6 is 0 Å². The van der Waals surface area contributed by atoms with Gasteiger partial charge in [-0.25, -0.2) is 0 Å². The molecule has 1 unspecified atom stereocenters. The van der Waals surface area contributed by atoms with Gasteiger partial charge in [0.1, 0.15) is 0 Å². The van der Waals surface area contributed by atoms with Gasteiger partial charge in [0.15, 0.2) is 0 Å². The molecule has 0 saturated carbocycles. The Morgan fingerprint density at radius 2 is 2.15 bits per heavy atom. The molecule has 0 aliphatic carbocycles. The third-order valence-corrected chi connectivity index (χ3v) is 2.04. The lowest BCUT2D eigenvalue weighted by Gasteiger charge is -2.17.